The molecule has 11 nitrogen and oxygen atoms in total. The van der Waals surface area contributed by atoms with Crippen LogP contribution in [-0.4, -0.2) is 42.4 Å². The summed E-state index contributed by atoms with van der Waals surface area (Å²) in [6.07, 6.45) is 2.93. The van der Waals surface area contributed by atoms with Gasteiger partial charge in [-0.3, -0.25) is 19.5 Å². The van der Waals surface area contributed by atoms with Crippen LogP contribution in [0.2, 0.25) is 0 Å². The average Bonchev–Trinajstić information content (AvgIpc) is 3.25. The highest BCUT2D eigenvalue weighted by atomic mass is 79.9. The molecule has 0 spiro atoms. The number of methoxy groups -OCH3 is 1. The zero-order valence-electron chi connectivity index (χ0n) is 22.1. The molecule has 0 unspecified atom stereocenters. The van der Waals surface area contributed by atoms with Crippen molar-refractivity contribution < 1.29 is 28.7 Å². The average molecular weight is 632 g/mol. The number of fused-ring (bicyclic) bond motifs is 1. The minimum atomic E-state index is -0.859. The summed E-state index contributed by atoms with van der Waals surface area (Å²) in [7, 11) is 1.26. The van der Waals surface area contributed by atoms with E-state index < -0.39 is 22.5 Å². The molecule has 13 heteroatoms. The first-order chi connectivity index (χ1) is 19.2. The van der Waals surface area contributed by atoms with Crippen molar-refractivity contribution in [2.45, 2.75) is 26.8 Å². The highest BCUT2D eigenvalue weighted by molar-refractivity contribution is 9.10. The first kappa shape index (κ1) is 29.0. The van der Waals surface area contributed by atoms with Gasteiger partial charge in [0.05, 0.1) is 52.5 Å². The molecule has 40 heavy (non-hydrogen) atoms. The van der Waals surface area contributed by atoms with Gasteiger partial charge in [0.25, 0.3) is 5.56 Å². The van der Waals surface area contributed by atoms with Crippen molar-refractivity contribution in [2.24, 2.45) is 4.99 Å². The van der Waals surface area contributed by atoms with E-state index in [0.29, 0.717) is 45.1 Å². The maximum absolute atomic E-state index is 13.8. The van der Waals surface area contributed by atoms with Gasteiger partial charge in [0.2, 0.25) is 5.75 Å². The topological polar surface area (TPSA) is 131 Å². The smallest absolute Gasteiger partial charge is 0.337 e. The largest absolute Gasteiger partial charge is 0.490 e. The summed E-state index contributed by atoms with van der Waals surface area (Å²) in [5.74, 6) is 0.471. The lowest BCUT2D eigenvalue weighted by atomic mass is 9.97. The van der Waals surface area contributed by atoms with Gasteiger partial charge in [0, 0.05) is 12.3 Å². The Morgan fingerprint density at radius 1 is 1.12 bits per heavy atom. The summed E-state index contributed by atoms with van der Waals surface area (Å²) in [6, 6.07) is 7.32. The van der Waals surface area contributed by atoms with Crippen molar-refractivity contribution in [1.82, 2.24) is 4.57 Å². The summed E-state index contributed by atoms with van der Waals surface area (Å²) in [4.78, 5) is 42.4. The molecule has 3 aromatic rings. The van der Waals surface area contributed by atoms with Crippen LogP contribution in [0, 0.1) is 10.1 Å². The Bertz CT molecular complexity index is 1680. The molecule has 0 radical (unpaired) electrons. The maximum atomic E-state index is 13.8. The summed E-state index contributed by atoms with van der Waals surface area (Å²) >= 11 is 4.43. The fourth-order valence-electron chi connectivity index (χ4n) is 4.24. The first-order valence-electron chi connectivity index (χ1n) is 12.3. The van der Waals surface area contributed by atoms with E-state index >= 15 is 0 Å². The monoisotopic (exact) mass is 631 g/mol. The Hall–Kier alpha value is -3.97. The number of nitrogens with zero attached hydrogens (tertiary/aromatic N) is 3. The van der Waals surface area contributed by atoms with E-state index in [4.69, 9.17) is 18.9 Å². The lowest BCUT2D eigenvalue weighted by Crippen LogP contribution is -2.39. The van der Waals surface area contributed by atoms with Gasteiger partial charge in [-0.25, -0.2) is 9.79 Å². The lowest BCUT2D eigenvalue weighted by Gasteiger charge is -2.23. The number of esters is 1. The molecule has 2 heterocycles. The molecule has 0 saturated carbocycles. The van der Waals surface area contributed by atoms with Crippen LogP contribution in [0.25, 0.3) is 6.08 Å². The van der Waals surface area contributed by atoms with E-state index in [0.717, 1.165) is 11.3 Å². The fourth-order valence-corrected chi connectivity index (χ4v) is 5.80. The van der Waals surface area contributed by atoms with Crippen LogP contribution in [-0.2, 0) is 9.53 Å². The van der Waals surface area contributed by atoms with Crippen LogP contribution in [0.4, 0.5) is 5.69 Å². The third kappa shape index (κ3) is 5.65. The standard InChI is InChI=1S/C27H26BrN3O8S/c1-5-37-20-9-8-16(13-21(20)38-6-2)23-17(26(33)36-4)14-29-27-30(23)25(32)22(40-27)12-15-10-18(28)24(39-7-3)19(11-15)31(34)35/h8-14,23H,5-7H2,1-4H3/b22-12+/t23-/m0/s1. The van der Waals surface area contributed by atoms with Gasteiger partial charge >= 0.3 is 11.7 Å². The number of benzene rings is 2. The van der Waals surface area contributed by atoms with E-state index in [1.165, 1.54) is 23.9 Å². The molecule has 2 aromatic carbocycles. The van der Waals surface area contributed by atoms with E-state index in [1.54, 1.807) is 37.3 Å². The van der Waals surface area contributed by atoms with E-state index in [-0.39, 0.29) is 28.1 Å². The molecule has 0 saturated heterocycles. The van der Waals surface area contributed by atoms with Gasteiger partial charge in [-0.05, 0) is 72.1 Å². The van der Waals surface area contributed by atoms with Gasteiger partial charge in [0.1, 0.15) is 0 Å². The molecule has 1 atom stereocenters. The Kier molecular flexibility index (Phi) is 9.05. The predicted molar refractivity (Wildman–Crippen MR) is 152 cm³/mol. The molecule has 0 bridgehead atoms. The minimum Gasteiger partial charge on any atom is -0.490 e. The lowest BCUT2D eigenvalue weighted by molar-refractivity contribution is -0.385. The minimum absolute atomic E-state index is 0.106. The number of hydrogen-bond donors (Lipinski definition) is 0. The predicted octanol–water partition coefficient (Wildman–Crippen LogP) is 3.88. The number of halogens is 1. The van der Waals surface area contributed by atoms with Crippen LogP contribution in [0.5, 0.6) is 17.2 Å². The quantitative estimate of drug-likeness (QED) is 0.187. The number of carbonyl (C=O) groups is 1. The Balaban J connectivity index is 1.91. The number of nitro benzene ring substituents is 1. The summed E-state index contributed by atoms with van der Waals surface area (Å²) in [5, 5.41) is 11.7. The molecular weight excluding hydrogens is 606 g/mol. The summed E-state index contributed by atoms with van der Waals surface area (Å²) < 4.78 is 23.9. The van der Waals surface area contributed by atoms with Crippen LogP contribution in [0.15, 0.2) is 56.4 Å². The van der Waals surface area contributed by atoms with Crippen LogP contribution < -0.4 is 29.1 Å². The molecule has 0 N–H and O–H groups in total. The third-order valence-corrected chi connectivity index (χ3v) is 7.42. The van der Waals surface area contributed by atoms with Crippen molar-refractivity contribution in [2.75, 3.05) is 26.9 Å². The maximum Gasteiger partial charge on any atom is 0.337 e. The summed E-state index contributed by atoms with van der Waals surface area (Å²) in [5.41, 5.74) is 0.496. The normalized spacial score (nSPS) is 14.6. The summed E-state index contributed by atoms with van der Waals surface area (Å²) in [6.45, 7) is 6.49. The Labute approximate surface area is 241 Å². The molecule has 1 aliphatic heterocycles. The van der Waals surface area contributed by atoms with E-state index in [1.807, 2.05) is 13.8 Å². The second-order valence-electron chi connectivity index (χ2n) is 8.29. The SMILES string of the molecule is CCOc1ccc([C@H]2C(C(=O)OC)=CN=c3s/c(=C/c4cc(Br)c(OCC)c([N+](=O)[O-])c4)c(=O)n32)cc1OCC. The molecule has 0 amide bonds. The number of carbonyl (C=O) groups excluding carboxylic acids is 1. The number of ether oxygens (including phenoxy) is 4. The number of rotatable bonds is 10. The van der Waals surface area contributed by atoms with Gasteiger partial charge in [0.15, 0.2) is 16.3 Å². The van der Waals surface area contributed by atoms with Gasteiger partial charge in [-0.15, -0.1) is 0 Å². The second-order valence-corrected chi connectivity index (χ2v) is 10.2. The third-order valence-electron chi connectivity index (χ3n) is 5.84. The molecule has 0 aliphatic carbocycles. The number of thiazole rings is 1. The fraction of sp³-hybridized carbons (Fsp3) is 0.296. The van der Waals surface area contributed by atoms with E-state index in [2.05, 4.69) is 20.9 Å². The van der Waals surface area contributed by atoms with Crippen molar-refractivity contribution in [3.05, 3.63) is 87.5 Å². The first-order valence-corrected chi connectivity index (χ1v) is 13.9. The molecule has 4 rings (SSSR count). The van der Waals surface area contributed by atoms with Crippen molar-refractivity contribution in [3.8, 4) is 17.2 Å². The van der Waals surface area contributed by atoms with Gasteiger partial charge < -0.3 is 18.9 Å². The number of hydrogen-bond acceptors (Lipinski definition) is 10. The van der Waals surface area contributed by atoms with Crippen LogP contribution >= 0.6 is 27.3 Å². The van der Waals surface area contributed by atoms with Gasteiger partial charge in [-0.2, -0.15) is 0 Å². The molecule has 1 aromatic heterocycles. The molecular formula is C27H26BrN3O8S. The molecule has 1 aliphatic rings. The van der Waals surface area contributed by atoms with Crippen molar-refractivity contribution in [1.29, 1.82) is 0 Å². The number of aromatic nitrogens is 1. The Morgan fingerprint density at radius 3 is 2.48 bits per heavy atom. The van der Waals surface area contributed by atoms with Crippen LogP contribution in [0.1, 0.15) is 37.9 Å². The number of nitro groups is 1. The van der Waals surface area contributed by atoms with Gasteiger partial charge in [-0.1, -0.05) is 17.4 Å². The highest BCUT2D eigenvalue weighted by Gasteiger charge is 2.31. The zero-order valence-corrected chi connectivity index (χ0v) is 24.5. The Morgan fingerprint density at radius 2 is 1.82 bits per heavy atom. The molecule has 0 fully saturated rings. The zero-order chi connectivity index (χ0) is 29.0. The highest BCUT2D eigenvalue weighted by Crippen LogP contribution is 2.37. The van der Waals surface area contributed by atoms with Crippen LogP contribution in [0.3, 0.4) is 0 Å². The van der Waals surface area contributed by atoms with Crippen molar-refractivity contribution in [3.63, 3.8) is 0 Å². The molecule has 210 valence electrons. The van der Waals surface area contributed by atoms with Crippen molar-refractivity contribution >= 4 is 45.0 Å². The van der Waals surface area contributed by atoms with E-state index in [9.17, 15) is 19.7 Å². The second kappa shape index (κ2) is 12.5.